The van der Waals surface area contributed by atoms with Crippen molar-refractivity contribution in [2.24, 2.45) is 11.7 Å². The van der Waals surface area contributed by atoms with Crippen molar-refractivity contribution in [3.8, 4) is 5.75 Å². The van der Waals surface area contributed by atoms with Crippen LogP contribution in [0, 0.1) is 5.92 Å². The minimum absolute atomic E-state index is 0.0380. The maximum atomic E-state index is 12.4. The van der Waals surface area contributed by atoms with Gasteiger partial charge in [-0.05, 0) is 31.0 Å². The largest absolute Gasteiger partial charge is 0.496 e. The third-order valence-corrected chi connectivity index (χ3v) is 4.62. The molecule has 6 heteroatoms. The number of benzene rings is 1. The summed E-state index contributed by atoms with van der Waals surface area (Å²) >= 11 is 5.91. The molecule has 2 aliphatic rings. The lowest BCUT2D eigenvalue weighted by Crippen LogP contribution is -2.72. The molecule has 0 bridgehead atoms. The average molecular weight is 311 g/mol. The number of rotatable bonds is 3. The second-order valence-electron chi connectivity index (χ2n) is 5.56. The zero-order valence-corrected chi connectivity index (χ0v) is 12.6. The summed E-state index contributed by atoms with van der Waals surface area (Å²) in [6.07, 6.45) is 2.15. The third-order valence-electron chi connectivity index (χ3n) is 4.38. The maximum Gasteiger partial charge on any atom is 0.255 e. The quantitative estimate of drug-likeness (QED) is 0.889. The summed E-state index contributed by atoms with van der Waals surface area (Å²) in [5.74, 6) is 0.599. The first-order chi connectivity index (χ1) is 10.1. The third kappa shape index (κ3) is 2.61. The minimum Gasteiger partial charge on any atom is -0.496 e. The van der Waals surface area contributed by atoms with Crippen LogP contribution in [0.2, 0.25) is 5.02 Å². The number of hydrogen-bond acceptors (Lipinski definition) is 4. The Balaban J connectivity index is 1.72. The average Bonchev–Trinajstić information content (AvgIpc) is 2.51. The van der Waals surface area contributed by atoms with Crippen LogP contribution in [0.15, 0.2) is 18.2 Å². The van der Waals surface area contributed by atoms with Gasteiger partial charge in [0.05, 0.1) is 24.8 Å². The van der Waals surface area contributed by atoms with Crippen LogP contribution in [-0.4, -0.2) is 37.8 Å². The van der Waals surface area contributed by atoms with Gasteiger partial charge >= 0.3 is 0 Å². The van der Waals surface area contributed by atoms with Gasteiger partial charge in [0.15, 0.2) is 0 Å². The molecule has 1 aliphatic heterocycles. The van der Waals surface area contributed by atoms with Crippen molar-refractivity contribution in [3.63, 3.8) is 0 Å². The Bertz CT molecular complexity index is 552. The van der Waals surface area contributed by atoms with Crippen LogP contribution in [0.5, 0.6) is 5.75 Å². The number of fused-ring (bicyclic) bond motifs is 1. The van der Waals surface area contributed by atoms with E-state index in [0.717, 1.165) is 19.4 Å². The van der Waals surface area contributed by atoms with Crippen LogP contribution in [0.1, 0.15) is 23.2 Å². The number of methoxy groups -OCH3 is 1. The summed E-state index contributed by atoms with van der Waals surface area (Å²) < 4.78 is 10.9. The minimum atomic E-state index is -0.211. The van der Waals surface area contributed by atoms with E-state index < -0.39 is 0 Å². The normalized spacial score (nSPS) is 31.0. The summed E-state index contributed by atoms with van der Waals surface area (Å²) in [6, 6.07) is 4.76. The molecule has 0 spiro atoms. The Labute approximate surface area is 128 Å². The summed E-state index contributed by atoms with van der Waals surface area (Å²) in [5.41, 5.74) is 6.60. The SMILES string of the molecule is COc1cc(Cl)ccc1C(=O)NC1C(N)C2CCCOC21. The molecule has 1 amide bonds. The van der Waals surface area contributed by atoms with E-state index in [2.05, 4.69) is 5.32 Å². The van der Waals surface area contributed by atoms with Gasteiger partial charge < -0.3 is 20.5 Å². The highest BCUT2D eigenvalue weighted by atomic mass is 35.5. The van der Waals surface area contributed by atoms with Crippen molar-refractivity contribution >= 4 is 17.5 Å². The van der Waals surface area contributed by atoms with Crippen molar-refractivity contribution in [2.75, 3.05) is 13.7 Å². The molecule has 1 aromatic rings. The lowest BCUT2D eigenvalue weighted by Gasteiger charge is -2.52. The highest BCUT2D eigenvalue weighted by molar-refractivity contribution is 6.30. The zero-order valence-electron chi connectivity index (χ0n) is 11.8. The fraction of sp³-hybridized carbons (Fsp3) is 0.533. The number of carbonyl (C=O) groups is 1. The predicted octanol–water partition coefficient (Wildman–Crippen LogP) is 1.58. The molecule has 1 saturated carbocycles. The number of nitrogens with two attached hydrogens (primary N) is 1. The van der Waals surface area contributed by atoms with Gasteiger partial charge in [0.25, 0.3) is 5.91 Å². The number of nitrogens with one attached hydrogen (secondary N) is 1. The molecular weight excluding hydrogens is 292 g/mol. The molecular formula is C15H19ClN2O3. The van der Waals surface area contributed by atoms with Crippen LogP contribution in [0.4, 0.5) is 0 Å². The van der Waals surface area contributed by atoms with Gasteiger partial charge in [0.2, 0.25) is 0 Å². The van der Waals surface area contributed by atoms with Crippen LogP contribution in [-0.2, 0) is 4.74 Å². The molecule has 21 heavy (non-hydrogen) atoms. The molecule has 0 aromatic heterocycles. The molecule has 4 unspecified atom stereocenters. The highest BCUT2D eigenvalue weighted by Crippen LogP contribution is 2.37. The first kappa shape index (κ1) is 14.6. The molecule has 0 radical (unpaired) electrons. The maximum absolute atomic E-state index is 12.4. The van der Waals surface area contributed by atoms with Gasteiger partial charge in [-0.2, -0.15) is 0 Å². The van der Waals surface area contributed by atoms with E-state index in [9.17, 15) is 4.79 Å². The van der Waals surface area contributed by atoms with Crippen molar-refractivity contribution in [3.05, 3.63) is 28.8 Å². The molecule has 1 saturated heterocycles. The van der Waals surface area contributed by atoms with Gasteiger partial charge in [0, 0.05) is 23.6 Å². The Morgan fingerprint density at radius 2 is 2.33 bits per heavy atom. The molecule has 1 aromatic carbocycles. The van der Waals surface area contributed by atoms with E-state index >= 15 is 0 Å². The van der Waals surface area contributed by atoms with E-state index in [1.807, 2.05) is 0 Å². The van der Waals surface area contributed by atoms with E-state index in [0.29, 0.717) is 22.3 Å². The predicted molar refractivity (Wildman–Crippen MR) is 79.7 cm³/mol. The summed E-state index contributed by atoms with van der Waals surface area (Å²) in [4.78, 5) is 12.4. The van der Waals surface area contributed by atoms with Gasteiger partial charge in [0.1, 0.15) is 5.75 Å². The summed E-state index contributed by atoms with van der Waals surface area (Å²) in [5, 5.41) is 3.49. The van der Waals surface area contributed by atoms with Crippen molar-refractivity contribution < 1.29 is 14.3 Å². The molecule has 114 valence electrons. The number of carbonyl (C=O) groups excluding carboxylic acids is 1. The summed E-state index contributed by atoms with van der Waals surface area (Å²) in [7, 11) is 1.51. The van der Waals surface area contributed by atoms with E-state index in [4.69, 9.17) is 26.8 Å². The molecule has 1 heterocycles. The lowest BCUT2D eigenvalue weighted by atomic mass is 9.68. The zero-order chi connectivity index (χ0) is 15.0. The van der Waals surface area contributed by atoms with Gasteiger partial charge in [-0.3, -0.25) is 4.79 Å². The van der Waals surface area contributed by atoms with Crippen LogP contribution in [0.25, 0.3) is 0 Å². The Morgan fingerprint density at radius 1 is 1.52 bits per heavy atom. The van der Waals surface area contributed by atoms with E-state index in [-0.39, 0.29) is 24.1 Å². The van der Waals surface area contributed by atoms with Crippen LogP contribution >= 0.6 is 11.6 Å². The highest BCUT2D eigenvalue weighted by Gasteiger charge is 2.51. The first-order valence-electron chi connectivity index (χ1n) is 7.13. The monoisotopic (exact) mass is 310 g/mol. The molecule has 1 aliphatic carbocycles. The smallest absolute Gasteiger partial charge is 0.255 e. The van der Waals surface area contributed by atoms with E-state index in [1.165, 1.54) is 7.11 Å². The van der Waals surface area contributed by atoms with Crippen molar-refractivity contribution in [1.29, 1.82) is 0 Å². The van der Waals surface area contributed by atoms with Crippen molar-refractivity contribution in [2.45, 2.75) is 31.0 Å². The molecule has 3 N–H and O–H groups in total. The fourth-order valence-corrected chi connectivity index (χ4v) is 3.37. The molecule has 5 nitrogen and oxygen atoms in total. The second-order valence-corrected chi connectivity index (χ2v) is 6.00. The Morgan fingerprint density at radius 3 is 3.10 bits per heavy atom. The van der Waals surface area contributed by atoms with Crippen molar-refractivity contribution in [1.82, 2.24) is 5.32 Å². The number of amides is 1. The lowest BCUT2D eigenvalue weighted by molar-refractivity contribution is -0.117. The number of halogens is 1. The molecule has 4 atom stereocenters. The van der Waals surface area contributed by atoms with Gasteiger partial charge in [-0.1, -0.05) is 11.6 Å². The number of ether oxygens (including phenoxy) is 2. The van der Waals surface area contributed by atoms with Gasteiger partial charge in [-0.15, -0.1) is 0 Å². The van der Waals surface area contributed by atoms with Crippen LogP contribution < -0.4 is 15.8 Å². The van der Waals surface area contributed by atoms with Gasteiger partial charge in [-0.25, -0.2) is 0 Å². The first-order valence-corrected chi connectivity index (χ1v) is 7.51. The Hall–Kier alpha value is -1.30. The molecule has 3 rings (SSSR count). The number of hydrogen-bond donors (Lipinski definition) is 2. The van der Waals surface area contributed by atoms with Crippen LogP contribution in [0.3, 0.4) is 0 Å². The Kier molecular flexibility index (Phi) is 4.06. The summed E-state index contributed by atoms with van der Waals surface area (Å²) in [6.45, 7) is 0.741. The van der Waals surface area contributed by atoms with E-state index in [1.54, 1.807) is 18.2 Å². The molecule has 2 fully saturated rings. The fourth-order valence-electron chi connectivity index (χ4n) is 3.21. The second kappa shape index (κ2) is 5.83. The topological polar surface area (TPSA) is 73.6 Å². The standard InChI is InChI=1S/C15H19ClN2O3/c1-20-11-7-8(16)4-5-9(11)15(19)18-13-12(17)10-3-2-6-21-14(10)13/h4-5,7,10,12-14H,2-3,6,17H2,1H3,(H,18,19).